The summed E-state index contributed by atoms with van der Waals surface area (Å²) in [4.78, 5) is 12.4. The summed E-state index contributed by atoms with van der Waals surface area (Å²) in [6.45, 7) is 0. The van der Waals surface area contributed by atoms with Gasteiger partial charge in [-0.15, -0.1) is 0 Å². The van der Waals surface area contributed by atoms with Gasteiger partial charge in [0, 0.05) is 17.5 Å². The van der Waals surface area contributed by atoms with E-state index in [1.807, 2.05) is 18.2 Å². The Bertz CT molecular complexity index is 827. The highest BCUT2D eigenvalue weighted by Crippen LogP contribution is 2.27. The number of carbonyl (C=O) groups excluding carboxylic acids is 1. The maximum absolute atomic E-state index is 12.3. The van der Waals surface area contributed by atoms with Crippen molar-refractivity contribution in [2.75, 3.05) is 5.32 Å². The van der Waals surface area contributed by atoms with E-state index in [0.29, 0.717) is 11.3 Å². The molecule has 1 amide bonds. The van der Waals surface area contributed by atoms with Crippen LogP contribution in [0.2, 0.25) is 0 Å². The summed E-state index contributed by atoms with van der Waals surface area (Å²) in [5.74, 6) is -0.365. The molecule has 2 aromatic carbocycles. The van der Waals surface area contributed by atoms with Crippen LogP contribution >= 0.6 is 0 Å². The van der Waals surface area contributed by atoms with Gasteiger partial charge < -0.3 is 5.32 Å². The third-order valence-corrected chi connectivity index (χ3v) is 4.46. The lowest BCUT2D eigenvalue weighted by molar-refractivity contribution is -0.111. The van der Waals surface area contributed by atoms with E-state index in [2.05, 4.69) is 10.0 Å². The third-order valence-electron chi connectivity index (χ3n) is 3.10. The van der Waals surface area contributed by atoms with E-state index < -0.39 is 10.0 Å². The molecular formula is C15H12N2O3S. The van der Waals surface area contributed by atoms with E-state index in [1.54, 1.807) is 30.3 Å². The Balaban J connectivity index is 1.97. The van der Waals surface area contributed by atoms with Crippen LogP contribution in [0.3, 0.4) is 0 Å². The van der Waals surface area contributed by atoms with Crippen LogP contribution in [-0.4, -0.2) is 14.3 Å². The lowest BCUT2D eigenvalue weighted by atomic mass is 10.1. The van der Waals surface area contributed by atoms with Crippen molar-refractivity contribution in [1.29, 1.82) is 0 Å². The minimum absolute atomic E-state index is 0.103. The molecule has 0 aromatic heterocycles. The van der Waals surface area contributed by atoms with Gasteiger partial charge in [-0.25, -0.2) is 8.42 Å². The highest BCUT2D eigenvalue weighted by Gasteiger charge is 2.27. The predicted molar refractivity (Wildman–Crippen MR) is 79.8 cm³/mol. The number of hydrogen-bond donors (Lipinski definition) is 2. The molecule has 21 heavy (non-hydrogen) atoms. The van der Waals surface area contributed by atoms with Crippen LogP contribution in [0, 0.1) is 0 Å². The molecule has 0 bridgehead atoms. The van der Waals surface area contributed by atoms with Gasteiger partial charge in [0.15, 0.2) is 0 Å². The molecule has 3 rings (SSSR count). The summed E-state index contributed by atoms with van der Waals surface area (Å²) in [7, 11) is -3.59. The average Bonchev–Trinajstić information content (AvgIpc) is 2.48. The van der Waals surface area contributed by atoms with E-state index in [0.717, 1.165) is 0 Å². The summed E-state index contributed by atoms with van der Waals surface area (Å²) in [6, 6.07) is 15.4. The van der Waals surface area contributed by atoms with Crippen molar-refractivity contribution >= 4 is 27.2 Å². The Labute approximate surface area is 122 Å². The van der Waals surface area contributed by atoms with E-state index in [9.17, 15) is 13.2 Å². The van der Waals surface area contributed by atoms with Gasteiger partial charge in [0.2, 0.25) is 0 Å². The predicted octanol–water partition coefficient (Wildman–Crippen LogP) is 1.96. The van der Waals surface area contributed by atoms with Crippen molar-refractivity contribution in [2.45, 2.75) is 4.90 Å². The van der Waals surface area contributed by atoms with Gasteiger partial charge in [-0.3, -0.25) is 9.52 Å². The van der Waals surface area contributed by atoms with Crippen molar-refractivity contribution < 1.29 is 13.2 Å². The second-order valence-electron chi connectivity index (χ2n) is 4.50. The Morgan fingerprint density at radius 3 is 2.38 bits per heavy atom. The second kappa shape index (κ2) is 5.06. The van der Waals surface area contributed by atoms with Gasteiger partial charge in [0.1, 0.15) is 0 Å². The fourth-order valence-corrected chi connectivity index (χ4v) is 3.23. The van der Waals surface area contributed by atoms with Crippen LogP contribution in [-0.2, 0) is 14.8 Å². The van der Waals surface area contributed by atoms with Crippen molar-refractivity contribution in [3.63, 3.8) is 0 Å². The molecule has 0 atom stereocenters. The van der Waals surface area contributed by atoms with Crippen molar-refractivity contribution in [3.05, 3.63) is 66.4 Å². The fourth-order valence-electron chi connectivity index (χ4n) is 2.11. The minimum Gasteiger partial charge on any atom is -0.322 e. The van der Waals surface area contributed by atoms with Gasteiger partial charge >= 0.3 is 0 Å². The molecule has 6 heteroatoms. The zero-order valence-electron chi connectivity index (χ0n) is 10.9. The van der Waals surface area contributed by atoms with Crippen LogP contribution < -0.4 is 10.0 Å². The number of benzene rings is 2. The first-order valence-electron chi connectivity index (χ1n) is 6.26. The van der Waals surface area contributed by atoms with E-state index >= 15 is 0 Å². The number of fused-ring (bicyclic) bond motifs is 1. The third kappa shape index (κ3) is 2.53. The van der Waals surface area contributed by atoms with Crippen LogP contribution in [0.4, 0.5) is 5.69 Å². The van der Waals surface area contributed by atoms with Crippen LogP contribution in [0.1, 0.15) is 5.56 Å². The average molecular weight is 300 g/mol. The van der Waals surface area contributed by atoms with E-state index in [1.165, 1.54) is 12.3 Å². The summed E-state index contributed by atoms with van der Waals surface area (Å²) < 4.78 is 26.1. The molecule has 0 saturated heterocycles. The maximum atomic E-state index is 12.3. The first kappa shape index (κ1) is 13.4. The summed E-state index contributed by atoms with van der Waals surface area (Å²) in [5, 5.41) is 2.74. The molecule has 106 valence electrons. The molecule has 0 unspecified atom stereocenters. The van der Waals surface area contributed by atoms with Gasteiger partial charge in [-0.2, -0.15) is 0 Å². The zero-order chi connectivity index (χ0) is 14.9. The van der Waals surface area contributed by atoms with Crippen molar-refractivity contribution in [1.82, 2.24) is 4.72 Å². The van der Waals surface area contributed by atoms with Gasteiger partial charge in [0.25, 0.3) is 15.9 Å². The Morgan fingerprint density at radius 1 is 0.952 bits per heavy atom. The molecule has 5 nitrogen and oxygen atoms in total. The topological polar surface area (TPSA) is 75.3 Å². The lowest BCUT2D eigenvalue weighted by Gasteiger charge is -2.18. The number of sulfonamides is 1. The molecule has 1 aliphatic rings. The summed E-state index contributed by atoms with van der Waals surface area (Å²) >= 11 is 0. The number of amides is 1. The first-order valence-corrected chi connectivity index (χ1v) is 7.74. The SMILES string of the molecule is O=C(Nc1ccccc1)C1=CNS(=O)(=O)c2ccccc21. The maximum Gasteiger partial charge on any atom is 0.262 e. The minimum atomic E-state index is -3.59. The number of anilines is 1. The Hall–Kier alpha value is -2.60. The summed E-state index contributed by atoms with van der Waals surface area (Å²) in [6.07, 6.45) is 1.22. The highest BCUT2D eigenvalue weighted by molar-refractivity contribution is 7.89. The monoisotopic (exact) mass is 300 g/mol. The van der Waals surface area contributed by atoms with Crippen molar-refractivity contribution in [2.24, 2.45) is 0 Å². The molecule has 1 heterocycles. The number of carbonyl (C=O) groups is 1. The number of nitrogens with one attached hydrogen (secondary N) is 2. The zero-order valence-corrected chi connectivity index (χ0v) is 11.7. The molecule has 2 N–H and O–H groups in total. The number of rotatable bonds is 2. The van der Waals surface area contributed by atoms with Gasteiger partial charge in [-0.1, -0.05) is 36.4 Å². The molecular weight excluding hydrogens is 288 g/mol. The molecule has 0 saturated carbocycles. The van der Waals surface area contributed by atoms with Crippen LogP contribution in [0.25, 0.3) is 5.57 Å². The van der Waals surface area contributed by atoms with Gasteiger partial charge in [0.05, 0.1) is 10.5 Å². The second-order valence-corrected chi connectivity index (χ2v) is 6.18. The normalized spacial score (nSPS) is 15.3. The largest absolute Gasteiger partial charge is 0.322 e. The molecule has 2 aromatic rings. The first-order chi connectivity index (χ1) is 10.1. The number of para-hydroxylation sites is 1. The molecule has 0 fully saturated rings. The summed E-state index contributed by atoms with van der Waals surface area (Å²) in [5.41, 5.74) is 1.32. The molecule has 0 radical (unpaired) electrons. The quantitative estimate of drug-likeness (QED) is 0.890. The van der Waals surface area contributed by atoms with Gasteiger partial charge in [-0.05, 0) is 18.2 Å². The van der Waals surface area contributed by atoms with E-state index in [4.69, 9.17) is 0 Å². The van der Waals surface area contributed by atoms with Crippen LogP contribution in [0.15, 0.2) is 65.7 Å². The van der Waals surface area contributed by atoms with Crippen LogP contribution in [0.5, 0.6) is 0 Å². The molecule has 0 spiro atoms. The Morgan fingerprint density at radius 2 is 1.62 bits per heavy atom. The van der Waals surface area contributed by atoms with Crippen molar-refractivity contribution in [3.8, 4) is 0 Å². The fraction of sp³-hybridized carbons (Fsp3) is 0. The molecule has 0 aliphatic carbocycles. The number of hydrogen-bond acceptors (Lipinski definition) is 3. The standard InChI is InChI=1S/C15H12N2O3S/c18-15(17-11-6-2-1-3-7-11)13-10-16-21(19,20)14-9-5-4-8-12(13)14/h1-10,16H,(H,17,18). The highest BCUT2D eigenvalue weighted by atomic mass is 32.2. The van der Waals surface area contributed by atoms with E-state index in [-0.39, 0.29) is 16.4 Å². The molecule has 1 aliphatic heterocycles. The Kier molecular flexibility index (Phi) is 3.23. The smallest absolute Gasteiger partial charge is 0.262 e. The lowest BCUT2D eigenvalue weighted by Crippen LogP contribution is -2.27.